The fourth-order valence-corrected chi connectivity index (χ4v) is 9.31. The molecule has 152 valence electrons. The second-order valence-corrected chi connectivity index (χ2v) is 12.5. The van der Waals surface area contributed by atoms with Gasteiger partial charge in [0.25, 0.3) is 0 Å². The van der Waals surface area contributed by atoms with Crippen LogP contribution >= 0.6 is 0 Å². The lowest BCUT2D eigenvalue weighted by Crippen LogP contribution is -2.39. The van der Waals surface area contributed by atoms with Crippen molar-refractivity contribution < 1.29 is 14.2 Å². The molecule has 27 heavy (non-hydrogen) atoms. The van der Waals surface area contributed by atoms with E-state index in [2.05, 4.69) is 41.5 Å². The Morgan fingerprint density at radius 1 is 0.667 bits per heavy atom. The lowest BCUT2D eigenvalue weighted by Gasteiger charge is -2.39. The fraction of sp³-hybridized carbons (Fsp3) is 1.00. The lowest BCUT2D eigenvalue weighted by molar-refractivity contribution is -0.252. The molecule has 4 bridgehead atoms. The molecule has 0 amide bonds. The summed E-state index contributed by atoms with van der Waals surface area (Å²) in [6.45, 7) is 14.8. The highest BCUT2D eigenvalue weighted by molar-refractivity contribution is 5.18. The Kier molecular flexibility index (Phi) is 3.25. The van der Waals surface area contributed by atoms with Gasteiger partial charge in [0.1, 0.15) is 0 Å². The molecule has 0 N–H and O–H groups in total. The van der Waals surface area contributed by atoms with Crippen LogP contribution in [0.4, 0.5) is 0 Å². The van der Waals surface area contributed by atoms with Crippen LogP contribution in [0.25, 0.3) is 0 Å². The second kappa shape index (κ2) is 4.95. The van der Waals surface area contributed by atoms with E-state index in [4.69, 9.17) is 14.2 Å². The molecule has 3 nitrogen and oxygen atoms in total. The molecule has 10 atom stereocenters. The van der Waals surface area contributed by atoms with E-state index in [-0.39, 0.29) is 12.6 Å². The molecule has 6 aliphatic rings. The predicted molar refractivity (Wildman–Crippen MR) is 104 cm³/mol. The van der Waals surface area contributed by atoms with Crippen molar-refractivity contribution in [2.24, 2.45) is 45.3 Å². The molecule has 4 saturated carbocycles. The number of hydrogen-bond acceptors (Lipinski definition) is 3. The van der Waals surface area contributed by atoms with Crippen LogP contribution in [-0.2, 0) is 14.2 Å². The Labute approximate surface area is 164 Å². The molecule has 0 radical (unpaired) electrons. The minimum Gasteiger partial charge on any atom is -0.348 e. The molecule has 2 aliphatic heterocycles. The van der Waals surface area contributed by atoms with E-state index in [1.165, 1.54) is 25.7 Å². The molecule has 0 spiro atoms. The molecule has 6 rings (SSSR count). The normalized spacial score (nSPS) is 61.6. The summed E-state index contributed by atoms with van der Waals surface area (Å²) < 4.78 is 19.6. The molecule has 0 unspecified atom stereocenters. The topological polar surface area (TPSA) is 27.7 Å². The monoisotopic (exact) mass is 374 g/mol. The van der Waals surface area contributed by atoms with Gasteiger partial charge < -0.3 is 14.2 Å². The highest BCUT2D eigenvalue weighted by Gasteiger charge is 2.71. The summed E-state index contributed by atoms with van der Waals surface area (Å²) in [6.07, 6.45) is 8.24. The number of ether oxygens (including phenoxy) is 3. The van der Waals surface area contributed by atoms with Crippen molar-refractivity contribution in [2.75, 3.05) is 0 Å². The largest absolute Gasteiger partial charge is 0.348 e. The Bertz CT molecular complexity index is 615. The van der Waals surface area contributed by atoms with Crippen LogP contribution in [0.1, 0.15) is 80.1 Å². The summed E-state index contributed by atoms with van der Waals surface area (Å²) >= 11 is 0. The van der Waals surface area contributed by atoms with Gasteiger partial charge >= 0.3 is 0 Å². The zero-order chi connectivity index (χ0) is 19.0. The summed E-state index contributed by atoms with van der Waals surface area (Å²) in [5, 5.41) is 0. The summed E-state index contributed by atoms with van der Waals surface area (Å²) in [4.78, 5) is 0. The zero-order valence-electron chi connectivity index (χ0n) is 18.1. The minimum atomic E-state index is -0.0432. The molecule has 0 aromatic heterocycles. The van der Waals surface area contributed by atoms with Crippen LogP contribution in [0.3, 0.4) is 0 Å². The van der Waals surface area contributed by atoms with Gasteiger partial charge in [-0.1, -0.05) is 41.5 Å². The van der Waals surface area contributed by atoms with Crippen molar-refractivity contribution in [1.82, 2.24) is 0 Å². The smallest absolute Gasteiger partial charge is 0.161 e. The summed E-state index contributed by atoms with van der Waals surface area (Å²) in [7, 11) is 0. The third-order valence-electron chi connectivity index (χ3n) is 11.6. The number of fused-ring (bicyclic) bond motifs is 10. The van der Waals surface area contributed by atoms with Gasteiger partial charge in [0, 0.05) is 12.8 Å². The van der Waals surface area contributed by atoms with Crippen LogP contribution in [-0.4, -0.2) is 24.8 Å². The van der Waals surface area contributed by atoms with Crippen molar-refractivity contribution >= 4 is 0 Å². The van der Waals surface area contributed by atoms with E-state index in [9.17, 15) is 0 Å². The van der Waals surface area contributed by atoms with Crippen LogP contribution in [0.2, 0.25) is 0 Å². The van der Waals surface area contributed by atoms with Crippen molar-refractivity contribution in [1.29, 1.82) is 0 Å². The molecular weight excluding hydrogens is 336 g/mol. The zero-order valence-corrected chi connectivity index (χ0v) is 18.1. The van der Waals surface area contributed by atoms with Gasteiger partial charge in [-0.3, -0.25) is 0 Å². The van der Waals surface area contributed by atoms with Gasteiger partial charge in [-0.25, -0.2) is 0 Å². The van der Waals surface area contributed by atoms with Gasteiger partial charge in [0.15, 0.2) is 12.6 Å². The van der Waals surface area contributed by atoms with E-state index >= 15 is 0 Å². The van der Waals surface area contributed by atoms with Crippen LogP contribution in [0.15, 0.2) is 0 Å². The van der Waals surface area contributed by atoms with Gasteiger partial charge in [0.05, 0.1) is 12.2 Å². The average Bonchev–Trinajstić information content (AvgIpc) is 3.33. The summed E-state index contributed by atoms with van der Waals surface area (Å²) in [5.74, 6) is 3.00. The van der Waals surface area contributed by atoms with Crippen LogP contribution < -0.4 is 0 Å². The summed E-state index contributed by atoms with van der Waals surface area (Å²) in [5.41, 5.74) is 1.47. The fourth-order valence-electron chi connectivity index (χ4n) is 9.31. The van der Waals surface area contributed by atoms with E-state index in [1.807, 2.05) is 0 Å². The van der Waals surface area contributed by atoms with E-state index in [0.29, 0.717) is 45.7 Å². The minimum absolute atomic E-state index is 0.0432. The van der Waals surface area contributed by atoms with Crippen molar-refractivity contribution in [3.63, 3.8) is 0 Å². The summed E-state index contributed by atoms with van der Waals surface area (Å²) in [6, 6.07) is 0. The molecular formula is C24H38O3. The first-order valence-electron chi connectivity index (χ1n) is 11.6. The lowest BCUT2D eigenvalue weighted by atomic mass is 9.70. The van der Waals surface area contributed by atoms with Crippen molar-refractivity contribution in [2.45, 2.75) is 105 Å². The average molecular weight is 375 g/mol. The predicted octanol–water partition coefficient (Wildman–Crippen LogP) is 5.38. The Morgan fingerprint density at radius 3 is 1.44 bits per heavy atom. The van der Waals surface area contributed by atoms with Crippen LogP contribution in [0, 0.1) is 45.3 Å². The Balaban J connectivity index is 1.15. The van der Waals surface area contributed by atoms with E-state index < -0.39 is 0 Å². The van der Waals surface area contributed by atoms with Gasteiger partial charge in [-0.15, -0.1) is 0 Å². The second-order valence-electron chi connectivity index (χ2n) is 12.5. The molecule has 0 aromatic rings. The maximum atomic E-state index is 6.58. The van der Waals surface area contributed by atoms with E-state index in [0.717, 1.165) is 24.7 Å². The molecule has 2 saturated heterocycles. The number of hydrogen-bond donors (Lipinski definition) is 0. The Hall–Kier alpha value is -0.120. The first kappa shape index (κ1) is 17.7. The third-order valence-corrected chi connectivity index (χ3v) is 11.6. The maximum absolute atomic E-state index is 6.58. The SMILES string of the molecule is CC1(C)[C@@H]2CC[C@@]1(C)[C@H]1O[C@H](O[C@@H]3C[C@H]4[C@H]5CC[C@@](C)([C@H]4O3)C5(C)C)C[C@@H]21. The van der Waals surface area contributed by atoms with Crippen molar-refractivity contribution in [3.05, 3.63) is 0 Å². The number of rotatable bonds is 2. The van der Waals surface area contributed by atoms with Crippen molar-refractivity contribution in [3.8, 4) is 0 Å². The highest BCUT2D eigenvalue weighted by atomic mass is 16.8. The Morgan fingerprint density at radius 2 is 1.07 bits per heavy atom. The highest BCUT2D eigenvalue weighted by Crippen LogP contribution is 2.72. The van der Waals surface area contributed by atoms with Crippen LogP contribution in [0.5, 0.6) is 0 Å². The van der Waals surface area contributed by atoms with E-state index in [1.54, 1.807) is 0 Å². The first-order chi connectivity index (χ1) is 12.6. The maximum Gasteiger partial charge on any atom is 0.161 e. The molecule has 0 aromatic carbocycles. The third kappa shape index (κ3) is 1.83. The molecule has 4 aliphatic carbocycles. The molecule has 6 fully saturated rings. The molecule has 2 heterocycles. The standard InChI is InChI=1S/C24H38O3/c1-21(2)15-7-9-23(21,5)19-13(15)11-17(26-19)25-18-12-14-16-8-10-24(6,20(14)27-18)22(16,3)4/h13-20H,7-12H2,1-6H3/t13-,14-,15+,16+,17-,18-,19-,20-,23-,24-/m0/s1. The quantitative estimate of drug-likeness (QED) is 0.650. The van der Waals surface area contributed by atoms with Gasteiger partial charge in [0.2, 0.25) is 0 Å². The molecule has 3 heteroatoms. The van der Waals surface area contributed by atoms with Gasteiger partial charge in [-0.2, -0.15) is 0 Å². The first-order valence-corrected chi connectivity index (χ1v) is 11.6. The van der Waals surface area contributed by atoms with Gasteiger partial charge in [-0.05, 0) is 71.0 Å².